The number of likely N-dealkylation sites (tertiary alicyclic amines) is 1. The van der Waals surface area contributed by atoms with Crippen LogP contribution in [0.3, 0.4) is 0 Å². The van der Waals surface area contributed by atoms with Gasteiger partial charge in [-0.1, -0.05) is 42.5 Å². The molecule has 0 radical (unpaired) electrons. The van der Waals surface area contributed by atoms with Crippen LogP contribution in [0.5, 0.6) is 5.75 Å². The summed E-state index contributed by atoms with van der Waals surface area (Å²) in [6.45, 7) is 0.785. The van der Waals surface area contributed by atoms with Crippen molar-refractivity contribution in [1.82, 2.24) is 9.88 Å². The van der Waals surface area contributed by atoms with Crippen molar-refractivity contribution in [3.05, 3.63) is 90.3 Å². The van der Waals surface area contributed by atoms with Crippen molar-refractivity contribution in [2.45, 2.75) is 25.1 Å². The molecule has 1 saturated heterocycles. The molecule has 2 aromatic carbocycles. The number of ether oxygens (including phenoxy) is 1. The second-order valence-electron chi connectivity index (χ2n) is 7.57. The van der Waals surface area contributed by atoms with Crippen LogP contribution in [0.25, 0.3) is 0 Å². The SMILES string of the molecule is O=C1C2CC(CN2C(=O)c2cccnc2)Oc2ccccc2N1Cc1ccccc1. The minimum Gasteiger partial charge on any atom is -0.486 e. The minimum atomic E-state index is -0.570. The maximum Gasteiger partial charge on any atom is 0.256 e. The zero-order valence-corrected chi connectivity index (χ0v) is 16.3. The van der Waals surface area contributed by atoms with Gasteiger partial charge in [0.25, 0.3) is 5.91 Å². The predicted octanol–water partition coefficient (Wildman–Crippen LogP) is 3.29. The van der Waals surface area contributed by atoms with Gasteiger partial charge in [-0.2, -0.15) is 0 Å². The zero-order chi connectivity index (χ0) is 20.5. The highest BCUT2D eigenvalue weighted by Crippen LogP contribution is 2.37. The molecule has 30 heavy (non-hydrogen) atoms. The van der Waals surface area contributed by atoms with Crippen LogP contribution >= 0.6 is 0 Å². The van der Waals surface area contributed by atoms with Crippen LogP contribution in [0.2, 0.25) is 0 Å². The lowest BCUT2D eigenvalue weighted by atomic mass is 10.1. The first-order chi connectivity index (χ1) is 14.7. The molecule has 6 nitrogen and oxygen atoms in total. The third-order valence-electron chi connectivity index (χ3n) is 5.62. The van der Waals surface area contributed by atoms with Crippen molar-refractivity contribution in [3.63, 3.8) is 0 Å². The van der Waals surface area contributed by atoms with Gasteiger partial charge in [0.1, 0.15) is 17.9 Å². The molecule has 2 amide bonds. The average molecular weight is 399 g/mol. The smallest absolute Gasteiger partial charge is 0.256 e. The molecule has 3 heterocycles. The quantitative estimate of drug-likeness (QED) is 0.678. The van der Waals surface area contributed by atoms with Gasteiger partial charge in [0.15, 0.2) is 0 Å². The number of amides is 2. The van der Waals surface area contributed by atoms with Crippen molar-refractivity contribution in [2.24, 2.45) is 0 Å². The number of para-hydroxylation sites is 2. The summed E-state index contributed by atoms with van der Waals surface area (Å²) in [5.41, 5.74) is 2.22. The van der Waals surface area contributed by atoms with Crippen LogP contribution in [0, 0.1) is 0 Å². The van der Waals surface area contributed by atoms with Gasteiger partial charge in [-0.15, -0.1) is 0 Å². The largest absolute Gasteiger partial charge is 0.486 e. The van der Waals surface area contributed by atoms with Crippen LogP contribution in [0.1, 0.15) is 22.3 Å². The topological polar surface area (TPSA) is 62.7 Å². The number of anilines is 1. The van der Waals surface area contributed by atoms with Crippen molar-refractivity contribution < 1.29 is 14.3 Å². The number of rotatable bonds is 3. The van der Waals surface area contributed by atoms with Gasteiger partial charge < -0.3 is 14.5 Å². The van der Waals surface area contributed by atoms with Gasteiger partial charge in [-0.25, -0.2) is 0 Å². The van der Waals surface area contributed by atoms with E-state index >= 15 is 0 Å². The molecule has 6 heteroatoms. The summed E-state index contributed by atoms with van der Waals surface area (Å²) in [5.74, 6) is 0.383. The summed E-state index contributed by atoms with van der Waals surface area (Å²) < 4.78 is 6.26. The third kappa shape index (κ3) is 3.30. The molecule has 150 valence electrons. The second kappa shape index (κ2) is 7.63. The lowest BCUT2D eigenvalue weighted by Gasteiger charge is -2.31. The lowest BCUT2D eigenvalue weighted by Crippen LogP contribution is -2.47. The first-order valence-electron chi connectivity index (χ1n) is 10.0. The van der Waals surface area contributed by atoms with Gasteiger partial charge >= 0.3 is 0 Å². The van der Waals surface area contributed by atoms with Crippen LogP contribution in [-0.4, -0.2) is 40.4 Å². The number of fused-ring (bicyclic) bond motifs is 3. The Kier molecular flexibility index (Phi) is 4.67. The van der Waals surface area contributed by atoms with Crippen molar-refractivity contribution in [3.8, 4) is 5.75 Å². The van der Waals surface area contributed by atoms with E-state index < -0.39 is 6.04 Å². The van der Waals surface area contributed by atoms with Crippen molar-refractivity contribution in [1.29, 1.82) is 0 Å². The molecular weight excluding hydrogens is 378 g/mol. The summed E-state index contributed by atoms with van der Waals surface area (Å²) >= 11 is 0. The maximum atomic E-state index is 13.7. The highest BCUT2D eigenvalue weighted by molar-refractivity contribution is 6.03. The molecule has 2 aliphatic heterocycles. The summed E-state index contributed by atoms with van der Waals surface area (Å²) in [7, 11) is 0. The molecule has 1 fully saturated rings. The zero-order valence-electron chi connectivity index (χ0n) is 16.3. The van der Waals surface area contributed by atoms with Gasteiger partial charge in [-0.05, 0) is 29.8 Å². The van der Waals surface area contributed by atoms with Gasteiger partial charge in [0.05, 0.1) is 24.3 Å². The number of hydrogen-bond acceptors (Lipinski definition) is 4. The molecule has 2 bridgehead atoms. The molecule has 0 spiro atoms. The molecule has 2 aliphatic rings. The number of benzene rings is 2. The van der Waals surface area contributed by atoms with E-state index in [9.17, 15) is 9.59 Å². The van der Waals surface area contributed by atoms with Gasteiger partial charge in [0.2, 0.25) is 5.91 Å². The first kappa shape index (κ1) is 18.4. The van der Waals surface area contributed by atoms with Gasteiger partial charge in [0, 0.05) is 18.8 Å². The summed E-state index contributed by atoms with van der Waals surface area (Å²) in [6.07, 6.45) is 3.42. The number of pyridine rings is 1. The van der Waals surface area contributed by atoms with E-state index in [1.54, 1.807) is 28.1 Å². The number of nitrogens with zero attached hydrogens (tertiary/aromatic N) is 3. The lowest BCUT2D eigenvalue weighted by molar-refractivity contribution is -0.122. The number of hydrogen-bond donors (Lipinski definition) is 0. The Balaban J connectivity index is 1.53. The Hall–Kier alpha value is -3.67. The number of carbonyl (C=O) groups excluding carboxylic acids is 2. The third-order valence-corrected chi connectivity index (χ3v) is 5.62. The Labute approximate surface area is 174 Å². The Morgan fingerprint density at radius 1 is 1.03 bits per heavy atom. The van der Waals surface area contributed by atoms with Crippen LogP contribution in [-0.2, 0) is 11.3 Å². The molecule has 0 aliphatic carbocycles. The highest BCUT2D eigenvalue weighted by Gasteiger charge is 2.45. The Morgan fingerprint density at radius 3 is 2.63 bits per heavy atom. The Morgan fingerprint density at radius 2 is 1.83 bits per heavy atom. The van der Waals surface area contributed by atoms with E-state index in [4.69, 9.17) is 4.74 Å². The van der Waals surface area contributed by atoms with Crippen LogP contribution < -0.4 is 9.64 Å². The molecule has 0 saturated carbocycles. The minimum absolute atomic E-state index is 0.0886. The molecule has 3 aromatic rings. The van der Waals surface area contributed by atoms with E-state index in [0.717, 1.165) is 11.3 Å². The molecular formula is C24H21N3O3. The Bertz CT molecular complexity index is 1070. The normalized spacial score (nSPS) is 20.2. The van der Waals surface area contributed by atoms with E-state index in [0.29, 0.717) is 30.8 Å². The molecule has 0 N–H and O–H groups in total. The fraction of sp³-hybridized carbons (Fsp3) is 0.208. The van der Waals surface area contributed by atoms with Crippen molar-refractivity contribution >= 4 is 17.5 Å². The standard InChI is InChI=1S/C24H21N3O3/c28-23(18-9-6-12-25-14-18)27-16-19-13-21(27)24(29)26(15-17-7-2-1-3-8-17)20-10-4-5-11-22(20)30-19/h1-12,14,19,21H,13,15-16H2. The first-order valence-corrected chi connectivity index (χ1v) is 10.0. The van der Waals surface area contributed by atoms with Gasteiger partial charge in [-0.3, -0.25) is 14.6 Å². The summed E-state index contributed by atoms with van der Waals surface area (Å²) in [4.78, 5) is 34.3. The molecule has 1 aromatic heterocycles. The van der Waals surface area contributed by atoms with Crippen molar-refractivity contribution in [2.75, 3.05) is 11.4 Å². The average Bonchev–Trinajstić information content (AvgIpc) is 3.22. The molecule has 5 rings (SSSR count). The molecule has 2 unspecified atom stereocenters. The number of carbonyl (C=O) groups is 2. The monoisotopic (exact) mass is 399 g/mol. The summed E-state index contributed by atoms with van der Waals surface area (Å²) in [5, 5.41) is 0. The van der Waals surface area contributed by atoms with E-state index in [2.05, 4.69) is 4.98 Å². The van der Waals surface area contributed by atoms with E-state index in [-0.39, 0.29) is 17.9 Å². The molecule has 2 atom stereocenters. The fourth-order valence-electron chi connectivity index (χ4n) is 4.18. The fourth-order valence-corrected chi connectivity index (χ4v) is 4.18. The predicted molar refractivity (Wildman–Crippen MR) is 112 cm³/mol. The van der Waals surface area contributed by atoms with E-state index in [1.165, 1.54) is 6.20 Å². The van der Waals surface area contributed by atoms with Crippen LogP contribution in [0.4, 0.5) is 5.69 Å². The number of aromatic nitrogens is 1. The maximum absolute atomic E-state index is 13.7. The van der Waals surface area contributed by atoms with E-state index in [1.807, 2.05) is 54.6 Å². The second-order valence-corrected chi connectivity index (χ2v) is 7.57. The highest BCUT2D eigenvalue weighted by atomic mass is 16.5. The van der Waals surface area contributed by atoms with Crippen LogP contribution in [0.15, 0.2) is 79.1 Å². The summed E-state index contributed by atoms with van der Waals surface area (Å²) in [6, 6.07) is 20.3.